The van der Waals surface area contributed by atoms with Crippen LogP contribution in [0, 0.1) is 0 Å². The van der Waals surface area contributed by atoms with Gasteiger partial charge in [-0.2, -0.15) is 0 Å². The topological polar surface area (TPSA) is 79.4 Å². The van der Waals surface area contributed by atoms with Crippen molar-refractivity contribution in [3.05, 3.63) is 83.7 Å². The molecule has 0 saturated heterocycles. The van der Waals surface area contributed by atoms with Crippen LogP contribution in [0.4, 0.5) is 0 Å². The molecule has 2 aromatic carbocycles. The van der Waals surface area contributed by atoms with Gasteiger partial charge in [0.2, 0.25) is 5.91 Å². The first-order valence-electron chi connectivity index (χ1n) is 9.89. The first-order valence-corrected chi connectivity index (χ1v) is 9.89. The third-order valence-electron chi connectivity index (χ3n) is 5.08. The molecule has 2 heterocycles. The fourth-order valence-corrected chi connectivity index (χ4v) is 3.60. The van der Waals surface area contributed by atoms with Crippen LogP contribution in [-0.2, 0) is 4.79 Å². The van der Waals surface area contributed by atoms with Gasteiger partial charge in [-0.25, -0.2) is 0 Å². The Morgan fingerprint density at radius 1 is 0.967 bits per heavy atom. The molecule has 0 bridgehead atoms. The maximum absolute atomic E-state index is 12.8. The van der Waals surface area contributed by atoms with Crippen LogP contribution in [0.5, 0.6) is 0 Å². The van der Waals surface area contributed by atoms with Crippen molar-refractivity contribution in [2.45, 2.75) is 12.8 Å². The lowest BCUT2D eigenvalue weighted by atomic mass is 9.94. The molecule has 6 heteroatoms. The number of benzene rings is 2. The summed E-state index contributed by atoms with van der Waals surface area (Å²) in [5.74, 6) is -0.704. The number of pyridine rings is 1. The second-order valence-electron chi connectivity index (χ2n) is 7.09. The van der Waals surface area contributed by atoms with Crippen molar-refractivity contribution < 1.29 is 14.4 Å². The maximum Gasteiger partial charge on any atom is 0.261 e. The monoisotopic (exact) mass is 399 g/mol. The predicted molar refractivity (Wildman–Crippen MR) is 115 cm³/mol. The van der Waals surface area contributed by atoms with Gasteiger partial charge in [0.1, 0.15) is 0 Å². The van der Waals surface area contributed by atoms with Crippen molar-refractivity contribution in [3.63, 3.8) is 0 Å². The van der Waals surface area contributed by atoms with Crippen LogP contribution in [0.2, 0.25) is 0 Å². The minimum absolute atomic E-state index is 0.190. The number of carbonyl (C=O) groups excluding carboxylic acids is 3. The van der Waals surface area contributed by atoms with Gasteiger partial charge in [-0.15, -0.1) is 0 Å². The van der Waals surface area contributed by atoms with Crippen molar-refractivity contribution >= 4 is 34.6 Å². The summed E-state index contributed by atoms with van der Waals surface area (Å²) in [6.07, 6.45) is 7.79. The normalized spacial score (nSPS) is 13.3. The summed E-state index contributed by atoms with van der Waals surface area (Å²) in [7, 11) is 0. The molecule has 1 aliphatic rings. The molecular weight excluding hydrogens is 378 g/mol. The van der Waals surface area contributed by atoms with E-state index in [1.54, 1.807) is 36.7 Å². The molecule has 0 radical (unpaired) electrons. The Hall–Kier alpha value is -3.80. The number of nitrogens with zero attached hydrogens (tertiary/aromatic N) is 2. The van der Waals surface area contributed by atoms with Gasteiger partial charge in [0, 0.05) is 48.1 Å². The molecule has 150 valence electrons. The summed E-state index contributed by atoms with van der Waals surface area (Å²) in [6, 6.07) is 14.7. The van der Waals surface area contributed by atoms with Crippen LogP contribution < -0.4 is 5.32 Å². The first kappa shape index (κ1) is 19.5. The van der Waals surface area contributed by atoms with Crippen LogP contribution in [-0.4, -0.2) is 40.7 Å². The summed E-state index contributed by atoms with van der Waals surface area (Å²) in [6.45, 7) is 0.794. The van der Waals surface area contributed by atoms with Crippen LogP contribution in [0.15, 0.2) is 67.0 Å². The number of hydrogen-bond acceptors (Lipinski definition) is 4. The van der Waals surface area contributed by atoms with Crippen LogP contribution in [0.1, 0.15) is 39.1 Å². The Morgan fingerprint density at radius 3 is 2.37 bits per heavy atom. The summed E-state index contributed by atoms with van der Waals surface area (Å²) in [4.78, 5) is 42.8. The van der Waals surface area contributed by atoms with E-state index in [4.69, 9.17) is 0 Å². The Balaban J connectivity index is 1.30. The molecule has 30 heavy (non-hydrogen) atoms. The number of hydrogen-bond donors (Lipinski definition) is 1. The molecular formula is C24H21N3O3. The van der Waals surface area contributed by atoms with Gasteiger partial charge in [-0.05, 0) is 48.1 Å². The third kappa shape index (κ3) is 3.98. The Morgan fingerprint density at radius 2 is 1.70 bits per heavy atom. The Kier molecular flexibility index (Phi) is 5.66. The quantitative estimate of drug-likeness (QED) is 0.375. The van der Waals surface area contributed by atoms with Gasteiger partial charge in [-0.1, -0.05) is 30.3 Å². The molecule has 1 aromatic heterocycles. The van der Waals surface area contributed by atoms with E-state index in [0.29, 0.717) is 37.1 Å². The summed E-state index contributed by atoms with van der Waals surface area (Å²) >= 11 is 0. The minimum Gasteiger partial charge on any atom is -0.353 e. The summed E-state index contributed by atoms with van der Waals surface area (Å²) in [5, 5.41) is 4.44. The molecule has 3 aromatic rings. The van der Waals surface area contributed by atoms with E-state index in [1.807, 2.05) is 30.3 Å². The van der Waals surface area contributed by atoms with Gasteiger partial charge in [0.25, 0.3) is 11.8 Å². The van der Waals surface area contributed by atoms with Crippen molar-refractivity contribution in [1.29, 1.82) is 0 Å². The standard InChI is InChI=1S/C24H21N3O3/c28-21(12-11-17-6-5-13-25-16-17)26-14-1-2-15-27-23(29)19-9-3-7-18-8-4-10-20(22(18)19)24(27)30/h3-13,16H,1-2,14-15H2,(H,26,28). The number of rotatable bonds is 7. The van der Waals surface area contributed by atoms with Gasteiger partial charge in [0.15, 0.2) is 0 Å². The second kappa shape index (κ2) is 8.69. The molecule has 0 saturated carbocycles. The smallest absolute Gasteiger partial charge is 0.261 e. The average molecular weight is 399 g/mol. The van der Waals surface area contributed by atoms with Crippen LogP contribution in [0.3, 0.4) is 0 Å². The zero-order chi connectivity index (χ0) is 20.9. The van der Waals surface area contributed by atoms with Crippen molar-refractivity contribution in [3.8, 4) is 0 Å². The van der Waals surface area contributed by atoms with E-state index in [9.17, 15) is 14.4 Å². The maximum atomic E-state index is 12.8. The highest BCUT2D eigenvalue weighted by Crippen LogP contribution is 2.29. The molecule has 0 atom stereocenters. The molecule has 1 N–H and O–H groups in total. The van der Waals surface area contributed by atoms with E-state index in [1.165, 1.54) is 11.0 Å². The molecule has 4 rings (SSSR count). The lowest BCUT2D eigenvalue weighted by Crippen LogP contribution is -2.41. The summed E-state index contributed by atoms with van der Waals surface area (Å²) in [5.41, 5.74) is 1.98. The van der Waals surface area contributed by atoms with E-state index < -0.39 is 0 Å². The molecule has 0 fully saturated rings. The number of amides is 3. The second-order valence-corrected chi connectivity index (χ2v) is 7.09. The van der Waals surface area contributed by atoms with Crippen molar-refractivity contribution in [2.75, 3.05) is 13.1 Å². The van der Waals surface area contributed by atoms with E-state index in [2.05, 4.69) is 10.3 Å². The van der Waals surface area contributed by atoms with Gasteiger partial charge in [0.05, 0.1) is 0 Å². The molecule has 1 aliphatic heterocycles. The lowest BCUT2D eigenvalue weighted by Gasteiger charge is -2.27. The molecule has 0 aliphatic carbocycles. The molecule has 3 amide bonds. The van der Waals surface area contributed by atoms with Crippen molar-refractivity contribution in [2.24, 2.45) is 0 Å². The SMILES string of the molecule is O=C(C=Cc1cccnc1)NCCCCN1C(=O)c2cccc3cccc(c23)C1=O. The highest BCUT2D eigenvalue weighted by molar-refractivity contribution is 6.25. The molecule has 6 nitrogen and oxygen atoms in total. The van der Waals surface area contributed by atoms with E-state index >= 15 is 0 Å². The van der Waals surface area contributed by atoms with E-state index in [-0.39, 0.29) is 17.7 Å². The number of imide groups is 1. The van der Waals surface area contributed by atoms with Gasteiger partial charge in [-0.3, -0.25) is 24.3 Å². The minimum atomic E-state index is -0.257. The average Bonchev–Trinajstić information content (AvgIpc) is 2.78. The predicted octanol–water partition coefficient (Wildman–Crippen LogP) is 3.44. The number of unbranched alkanes of at least 4 members (excludes halogenated alkanes) is 1. The van der Waals surface area contributed by atoms with E-state index in [0.717, 1.165) is 16.3 Å². The van der Waals surface area contributed by atoms with Crippen LogP contribution in [0.25, 0.3) is 16.8 Å². The Bertz CT molecular complexity index is 1090. The summed E-state index contributed by atoms with van der Waals surface area (Å²) < 4.78 is 0. The molecule has 0 unspecified atom stereocenters. The fraction of sp³-hybridized carbons (Fsp3) is 0.167. The zero-order valence-corrected chi connectivity index (χ0v) is 16.4. The third-order valence-corrected chi connectivity index (χ3v) is 5.08. The lowest BCUT2D eigenvalue weighted by molar-refractivity contribution is -0.116. The Labute approximate surface area is 174 Å². The fourth-order valence-electron chi connectivity index (χ4n) is 3.60. The highest BCUT2D eigenvalue weighted by atomic mass is 16.2. The number of nitrogens with one attached hydrogen (secondary N) is 1. The zero-order valence-electron chi connectivity index (χ0n) is 16.4. The highest BCUT2D eigenvalue weighted by Gasteiger charge is 2.31. The van der Waals surface area contributed by atoms with Gasteiger partial charge < -0.3 is 5.32 Å². The number of carbonyl (C=O) groups is 3. The first-order chi connectivity index (χ1) is 14.6. The van der Waals surface area contributed by atoms with Gasteiger partial charge >= 0.3 is 0 Å². The van der Waals surface area contributed by atoms with Crippen LogP contribution >= 0.6 is 0 Å². The number of aromatic nitrogens is 1. The largest absolute Gasteiger partial charge is 0.353 e. The molecule has 0 spiro atoms. The van der Waals surface area contributed by atoms with Crippen molar-refractivity contribution in [1.82, 2.24) is 15.2 Å².